The first-order valence-electron chi connectivity index (χ1n) is 10.4. The Bertz CT molecular complexity index is 508. The van der Waals surface area contributed by atoms with Crippen LogP contribution < -0.4 is 0 Å². The van der Waals surface area contributed by atoms with Crippen molar-refractivity contribution in [1.29, 1.82) is 0 Å². The van der Waals surface area contributed by atoms with Gasteiger partial charge in [0.2, 0.25) is 0 Å². The molecule has 2 fully saturated rings. The second-order valence-corrected chi connectivity index (χ2v) is 9.11. The maximum Gasteiger partial charge on any atom is 0.183 e. The molecule has 0 atom stereocenters. The van der Waals surface area contributed by atoms with Gasteiger partial charge in [-0.05, 0) is 49.0 Å². The zero-order valence-electron chi connectivity index (χ0n) is 16.7. The van der Waals surface area contributed by atoms with Crippen LogP contribution >= 0.6 is 11.6 Å². The molecule has 0 amide bonds. The third-order valence-corrected chi connectivity index (χ3v) is 6.88. The van der Waals surface area contributed by atoms with E-state index in [9.17, 15) is 4.39 Å². The van der Waals surface area contributed by atoms with Crippen LogP contribution in [0, 0.1) is 23.7 Å². The van der Waals surface area contributed by atoms with Crippen molar-refractivity contribution < 1.29 is 9.13 Å². The molecule has 1 nitrogen and oxygen atoms in total. The van der Waals surface area contributed by atoms with E-state index in [1.54, 1.807) is 6.92 Å². The van der Waals surface area contributed by atoms with Gasteiger partial charge in [0.05, 0.1) is 11.6 Å². The quantitative estimate of drug-likeness (QED) is 0.306. The average Bonchev–Trinajstić information content (AvgIpc) is 2.65. The van der Waals surface area contributed by atoms with Crippen LogP contribution in [0.15, 0.2) is 35.3 Å². The molecule has 0 heterocycles. The van der Waals surface area contributed by atoms with E-state index in [1.807, 2.05) is 0 Å². The minimum absolute atomic E-state index is 0.0100. The third kappa shape index (κ3) is 6.76. The molecule has 0 N–H and O–H groups in total. The van der Waals surface area contributed by atoms with Gasteiger partial charge in [-0.15, -0.1) is 0 Å². The predicted octanol–water partition coefficient (Wildman–Crippen LogP) is 7.93. The van der Waals surface area contributed by atoms with Gasteiger partial charge in [0, 0.05) is 0 Å². The summed E-state index contributed by atoms with van der Waals surface area (Å²) in [7, 11) is 0. The van der Waals surface area contributed by atoms with Crippen molar-refractivity contribution in [2.24, 2.45) is 23.7 Å². The fraction of sp³-hybridized carbons (Fsp3) is 0.739. The maximum atomic E-state index is 14.0. The number of hydrogen-bond donors (Lipinski definition) is 0. The lowest BCUT2D eigenvalue weighted by molar-refractivity contribution is 0.124. The van der Waals surface area contributed by atoms with Gasteiger partial charge in [0.1, 0.15) is 5.76 Å². The van der Waals surface area contributed by atoms with Gasteiger partial charge >= 0.3 is 0 Å². The first kappa shape index (κ1) is 21.5. The smallest absolute Gasteiger partial charge is 0.183 e. The highest BCUT2D eigenvalue weighted by molar-refractivity contribution is 6.32. The van der Waals surface area contributed by atoms with Crippen molar-refractivity contribution in [3.63, 3.8) is 0 Å². The van der Waals surface area contributed by atoms with Crippen LogP contribution in [-0.2, 0) is 4.74 Å². The Morgan fingerprint density at radius 2 is 1.38 bits per heavy atom. The highest BCUT2D eigenvalue weighted by Crippen LogP contribution is 2.37. The Labute approximate surface area is 164 Å². The minimum Gasteiger partial charge on any atom is -0.491 e. The summed E-state index contributed by atoms with van der Waals surface area (Å²) in [6.45, 7) is 11.9. The number of ether oxygens (including phenoxy) is 1. The third-order valence-electron chi connectivity index (χ3n) is 6.39. The van der Waals surface area contributed by atoms with Crippen molar-refractivity contribution >= 4 is 11.6 Å². The number of allylic oxidation sites excluding steroid dienone is 3. The lowest BCUT2D eigenvalue weighted by atomic mass is 9.76. The summed E-state index contributed by atoms with van der Waals surface area (Å²) in [5.74, 6) is 2.75. The molecule has 0 unspecified atom stereocenters. The molecule has 0 aromatic heterocycles. The molecule has 0 bridgehead atoms. The van der Waals surface area contributed by atoms with Crippen molar-refractivity contribution in [2.45, 2.75) is 78.1 Å². The van der Waals surface area contributed by atoms with Gasteiger partial charge in [0.25, 0.3) is 0 Å². The molecule has 148 valence electrons. The normalized spacial score (nSPS) is 30.5. The van der Waals surface area contributed by atoms with Gasteiger partial charge in [-0.3, -0.25) is 0 Å². The highest BCUT2D eigenvalue weighted by Gasteiger charge is 2.24. The van der Waals surface area contributed by atoms with E-state index in [4.69, 9.17) is 16.3 Å². The Morgan fingerprint density at radius 1 is 0.923 bits per heavy atom. The summed E-state index contributed by atoms with van der Waals surface area (Å²) in [6.07, 6.45) is 13.5. The minimum atomic E-state index is -0.588. The monoisotopic (exact) mass is 382 g/mol. The lowest BCUT2D eigenvalue weighted by Crippen LogP contribution is -2.20. The lowest BCUT2D eigenvalue weighted by Gasteiger charge is -2.31. The van der Waals surface area contributed by atoms with E-state index in [0.29, 0.717) is 18.1 Å². The summed E-state index contributed by atoms with van der Waals surface area (Å²) < 4.78 is 19.6. The first-order chi connectivity index (χ1) is 12.4. The molecule has 3 heteroatoms. The van der Waals surface area contributed by atoms with Crippen LogP contribution in [0.3, 0.4) is 0 Å². The molecular formula is C23H36ClFO. The summed E-state index contributed by atoms with van der Waals surface area (Å²) in [6, 6.07) is 0. The van der Waals surface area contributed by atoms with Crippen molar-refractivity contribution in [2.75, 3.05) is 6.61 Å². The molecule has 26 heavy (non-hydrogen) atoms. The summed E-state index contributed by atoms with van der Waals surface area (Å²) >= 11 is 5.87. The zero-order chi connectivity index (χ0) is 19.1. The zero-order valence-corrected chi connectivity index (χ0v) is 17.4. The second-order valence-electron chi connectivity index (χ2n) is 8.73. The van der Waals surface area contributed by atoms with Gasteiger partial charge in [0.15, 0.2) is 5.83 Å². The molecule has 2 aliphatic carbocycles. The molecule has 0 spiro atoms. The topological polar surface area (TPSA) is 9.23 Å². The average molecular weight is 383 g/mol. The summed E-state index contributed by atoms with van der Waals surface area (Å²) in [4.78, 5) is 0. The van der Waals surface area contributed by atoms with E-state index >= 15 is 0 Å². The number of rotatable bonds is 8. The SMILES string of the molecule is C=C(OCC1CCC(CCC2CCC(C)CC2)CC1)/C(F)=C(/Cl)C(=C)C. The molecule has 0 saturated heterocycles. The van der Waals surface area contributed by atoms with E-state index in [2.05, 4.69) is 20.1 Å². The molecule has 2 saturated carbocycles. The van der Waals surface area contributed by atoms with E-state index < -0.39 is 5.83 Å². The van der Waals surface area contributed by atoms with E-state index in [0.717, 1.165) is 17.8 Å². The molecule has 2 aliphatic rings. The largest absolute Gasteiger partial charge is 0.491 e. The van der Waals surface area contributed by atoms with Crippen molar-refractivity contribution in [3.05, 3.63) is 35.3 Å². The Hall–Kier alpha value is -0.760. The predicted molar refractivity (Wildman–Crippen MR) is 110 cm³/mol. The Morgan fingerprint density at radius 3 is 1.88 bits per heavy atom. The van der Waals surface area contributed by atoms with Gasteiger partial charge < -0.3 is 4.74 Å². The fourth-order valence-electron chi connectivity index (χ4n) is 4.37. The van der Waals surface area contributed by atoms with Crippen LogP contribution in [0.2, 0.25) is 0 Å². The van der Waals surface area contributed by atoms with Crippen molar-refractivity contribution in [3.8, 4) is 0 Å². The van der Waals surface area contributed by atoms with Crippen LogP contribution in [0.25, 0.3) is 0 Å². The van der Waals surface area contributed by atoms with Gasteiger partial charge in [-0.2, -0.15) is 0 Å². The van der Waals surface area contributed by atoms with Crippen LogP contribution in [-0.4, -0.2) is 6.61 Å². The molecule has 0 aromatic rings. The molecule has 2 rings (SSSR count). The number of hydrogen-bond acceptors (Lipinski definition) is 1. The fourth-order valence-corrected chi connectivity index (χ4v) is 4.47. The highest BCUT2D eigenvalue weighted by atomic mass is 35.5. The van der Waals surface area contributed by atoms with Crippen molar-refractivity contribution in [1.82, 2.24) is 0 Å². The Kier molecular flexibility index (Phi) is 8.73. The van der Waals surface area contributed by atoms with Crippen LogP contribution in [0.1, 0.15) is 78.1 Å². The second kappa shape index (κ2) is 10.5. The molecule has 0 aromatic carbocycles. The van der Waals surface area contributed by atoms with Crippen LogP contribution in [0.5, 0.6) is 0 Å². The Balaban J connectivity index is 1.63. The first-order valence-corrected chi connectivity index (χ1v) is 10.8. The molecule has 0 radical (unpaired) electrons. The van der Waals surface area contributed by atoms with Crippen LogP contribution in [0.4, 0.5) is 4.39 Å². The summed E-state index contributed by atoms with van der Waals surface area (Å²) in [5.41, 5.74) is 0.488. The molecule has 0 aliphatic heterocycles. The standard InChI is InChI=1S/C23H36ClFO/c1-16(2)22(24)23(25)18(4)26-15-21-13-11-20(12-14-21)10-9-19-7-5-17(3)6-8-19/h17,19-21H,1,4-15H2,2-3H3/b23-22-. The van der Waals surface area contributed by atoms with Gasteiger partial charge in [-0.1, -0.05) is 83.0 Å². The summed E-state index contributed by atoms with van der Waals surface area (Å²) in [5, 5.41) is 0.0100. The molecular weight excluding hydrogens is 347 g/mol. The van der Waals surface area contributed by atoms with Gasteiger partial charge in [-0.25, -0.2) is 4.39 Å². The van der Waals surface area contributed by atoms with E-state index in [1.165, 1.54) is 64.2 Å². The number of halogens is 2. The maximum absolute atomic E-state index is 14.0. The van der Waals surface area contributed by atoms with E-state index in [-0.39, 0.29) is 10.8 Å².